The minimum Gasteiger partial charge on any atom is -0.478 e. The van der Waals surface area contributed by atoms with Crippen LogP contribution >= 0.6 is 67.8 Å². The van der Waals surface area contributed by atoms with E-state index in [0.29, 0.717) is 3.57 Å². The zero-order valence-electron chi connectivity index (χ0n) is 19.1. The first kappa shape index (κ1) is 31.3. The number of anilines is 1. The van der Waals surface area contributed by atoms with Crippen LogP contribution in [0.25, 0.3) is 0 Å². The molecule has 0 atom stereocenters. The Morgan fingerprint density at radius 2 is 1.26 bits per heavy atom. The molecule has 0 bridgehead atoms. The van der Waals surface area contributed by atoms with Crippen LogP contribution < -0.4 is 5.32 Å². The van der Waals surface area contributed by atoms with E-state index in [9.17, 15) is 29.1 Å². The Labute approximate surface area is 243 Å². The lowest BCUT2D eigenvalue weighted by atomic mass is 10.1. The standard InChI is InChI=1S/C22H23I3N2O8/c1-10(2)21(32)34-8-6-27(7-9-35-22(33)11(3)4)19(29)13-15(23)14(20(30)31)17(25)18(16(13)24)26-12(5)28/h1,3,6-9H2,2,4-5H3,(H,26,28)(H,30,31). The van der Waals surface area contributed by atoms with Gasteiger partial charge in [0.1, 0.15) is 13.2 Å². The number of amides is 2. The smallest absolute Gasteiger partial charge is 0.337 e. The zero-order valence-corrected chi connectivity index (χ0v) is 25.6. The molecule has 0 aliphatic rings. The fourth-order valence-corrected chi connectivity index (χ4v) is 6.90. The average molecular weight is 824 g/mol. The van der Waals surface area contributed by atoms with Crippen LogP contribution in [-0.2, 0) is 23.9 Å². The number of hydrogen-bond donors (Lipinski definition) is 2. The molecule has 0 aliphatic carbocycles. The molecule has 1 rings (SSSR count). The molecule has 0 spiro atoms. The second-order valence-corrected chi connectivity index (χ2v) is 10.4. The topological polar surface area (TPSA) is 139 Å². The van der Waals surface area contributed by atoms with Gasteiger partial charge in [-0.1, -0.05) is 13.2 Å². The van der Waals surface area contributed by atoms with Gasteiger partial charge in [-0.25, -0.2) is 14.4 Å². The summed E-state index contributed by atoms with van der Waals surface area (Å²) < 4.78 is 11.0. The highest BCUT2D eigenvalue weighted by atomic mass is 127. The number of halogens is 3. The van der Waals surface area contributed by atoms with E-state index >= 15 is 0 Å². The third-order valence-electron chi connectivity index (χ3n) is 4.22. The molecule has 10 nitrogen and oxygen atoms in total. The van der Waals surface area contributed by atoms with E-state index in [1.165, 1.54) is 25.7 Å². The number of ether oxygens (including phenoxy) is 2. The molecule has 0 aliphatic heterocycles. The molecule has 0 radical (unpaired) electrons. The Balaban J connectivity index is 3.45. The molecule has 1 aromatic carbocycles. The van der Waals surface area contributed by atoms with Crippen molar-refractivity contribution in [2.75, 3.05) is 31.6 Å². The molecular formula is C22H23I3N2O8. The summed E-state index contributed by atoms with van der Waals surface area (Å²) in [6, 6.07) is 0. The maximum absolute atomic E-state index is 13.6. The third-order valence-corrected chi connectivity index (χ3v) is 7.45. The van der Waals surface area contributed by atoms with Crippen molar-refractivity contribution < 1.29 is 38.6 Å². The predicted octanol–water partition coefficient (Wildman–Crippen LogP) is 3.84. The summed E-state index contributed by atoms with van der Waals surface area (Å²) in [7, 11) is 0. The maximum atomic E-state index is 13.6. The lowest BCUT2D eigenvalue weighted by Crippen LogP contribution is -2.38. The zero-order chi connectivity index (χ0) is 27.0. The van der Waals surface area contributed by atoms with Crippen molar-refractivity contribution in [1.82, 2.24) is 4.90 Å². The van der Waals surface area contributed by atoms with Gasteiger partial charge in [0, 0.05) is 21.6 Å². The number of carboxylic acid groups (broad SMARTS) is 1. The van der Waals surface area contributed by atoms with Gasteiger partial charge in [0.2, 0.25) is 5.91 Å². The van der Waals surface area contributed by atoms with Crippen LogP contribution in [0.5, 0.6) is 0 Å². The van der Waals surface area contributed by atoms with Crippen molar-refractivity contribution >= 4 is 103 Å². The number of nitrogens with one attached hydrogen (secondary N) is 1. The highest BCUT2D eigenvalue weighted by molar-refractivity contribution is 14.1. The number of carbonyl (C=O) groups is 5. The van der Waals surface area contributed by atoms with E-state index in [1.54, 1.807) is 22.6 Å². The van der Waals surface area contributed by atoms with E-state index in [2.05, 4.69) is 18.5 Å². The van der Waals surface area contributed by atoms with Crippen molar-refractivity contribution in [3.63, 3.8) is 0 Å². The number of esters is 2. The van der Waals surface area contributed by atoms with Crippen molar-refractivity contribution in [2.24, 2.45) is 0 Å². The average Bonchev–Trinajstić information content (AvgIpc) is 2.74. The van der Waals surface area contributed by atoms with Crippen LogP contribution in [0.4, 0.5) is 5.69 Å². The minimum atomic E-state index is -1.27. The first-order valence-corrected chi connectivity index (χ1v) is 13.1. The molecule has 2 N–H and O–H groups in total. The number of rotatable bonds is 11. The quantitative estimate of drug-likeness (QED) is 0.195. The first-order chi connectivity index (χ1) is 16.2. The molecule has 35 heavy (non-hydrogen) atoms. The fraction of sp³-hybridized carbons (Fsp3) is 0.318. The van der Waals surface area contributed by atoms with Gasteiger partial charge in [0.15, 0.2) is 0 Å². The Morgan fingerprint density at radius 3 is 1.63 bits per heavy atom. The minimum absolute atomic E-state index is 0.0465. The predicted molar refractivity (Wildman–Crippen MR) is 153 cm³/mol. The molecule has 1 aromatic rings. The largest absolute Gasteiger partial charge is 0.478 e. The molecule has 0 fully saturated rings. The van der Waals surface area contributed by atoms with Crippen molar-refractivity contribution in [3.8, 4) is 0 Å². The van der Waals surface area contributed by atoms with Crippen LogP contribution in [0, 0.1) is 10.7 Å². The lowest BCUT2D eigenvalue weighted by molar-refractivity contribution is -0.139. The van der Waals surface area contributed by atoms with Gasteiger partial charge in [-0.15, -0.1) is 0 Å². The maximum Gasteiger partial charge on any atom is 0.337 e. The van der Waals surface area contributed by atoms with E-state index in [4.69, 9.17) is 9.47 Å². The molecule has 0 heterocycles. The summed E-state index contributed by atoms with van der Waals surface area (Å²) in [6.07, 6.45) is 0. The van der Waals surface area contributed by atoms with Gasteiger partial charge in [-0.3, -0.25) is 9.59 Å². The number of carboxylic acids is 1. The monoisotopic (exact) mass is 824 g/mol. The third kappa shape index (κ3) is 8.69. The van der Waals surface area contributed by atoms with Gasteiger partial charge < -0.3 is 24.8 Å². The van der Waals surface area contributed by atoms with Crippen molar-refractivity contribution in [1.29, 1.82) is 0 Å². The summed E-state index contributed by atoms with van der Waals surface area (Å²) >= 11 is 5.45. The van der Waals surface area contributed by atoms with Crippen LogP contribution in [-0.4, -0.2) is 66.0 Å². The molecule has 13 heteroatoms. The first-order valence-electron chi connectivity index (χ1n) is 9.86. The molecular weight excluding hydrogens is 801 g/mol. The highest BCUT2D eigenvalue weighted by Crippen LogP contribution is 2.36. The molecule has 0 saturated heterocycles. The molecule has 2 amide bonds. The summed E-state index contributed by atoms with van der Waals surface area (Å²) in [5.74, 6) is -3.57. The molecule has 0 aromatic heterocycles. The van der Waals surface area contributed by atoms with Crippen molar-refractivity contribution in [2.45, 2.75) is 20.8 Å². The summed E-state index contributed by atoms with van der Waals surface area (Å²) in [5.41, 5.74) is 0.477. The van der Waals surface area contributed by atoms with Gasteiger partial charge in [-0.2, -0.15) is 0 Å². The Bertz CT molecular complexity index is 1070. The Hall–Kier alpha value is -1.76. The Kier molecular flexibility index (Phi) is 12.6. The van der Waals surface area contributed by atoms with Crippen LogP contribution in [0.15, 0.2) is 24.3 Å². The van der Waals surface area contributed by atoms with Gasteiger partial charge in [0.25, 0.3) is 5.91 Å². The fourth-order valence-electron chi connectivity index (χ4n) is 2.54. The highest BCUT2D eigenvalue weighted by Gasteiger charge is 2.30. The van der Waals surface area contributed by atoms with Gasteiger partial charge in [-0.05, 0) is 81.6 Å². The van der Waals surface area contributed by atoms with Crippen molar-refractivity contribution in [3.05, 3.63) is 46.1 Å². The number of carbonyl (C=O) groups excluding carboxylic acids is 4. The van der Waals surface area contributed by atoms with Crippen LogP contribution in [0.2, 0.25) is 0 Å². The number of benzene rings is 1. The summed E-state index contributed by atoms with van der Waals surface area (Å²) in [4.78, 5) is 62.1. The summed E-state index contributed by atoms with van der Waals surface area (Å²) in [5, 5.41) is 12.4. The summed E-state index contributed by atoms with van der Waals surface area (Å²) in [6.45, 7) is 10.7. The van der Waals surface area contributed by atoms with Crippen LogP contribution in [0.1, 0.15) is 41.5 Å². The normalized spacial score (nSPS) is 10.2. The van der Waals surface area contributed by atoms with E-state index in [1.807, 2.05) is 45.2 Å². The lowest BCUT2D eigenvalue weighted by Gasteiger charge is -2.25. The number of nitrogens with zero attached hydrogens (tertiary/aromatic N) is 1. The molecule has 0 unspecified atom stereocenters. The molecule has 0 saturated carbocycles. The SMILES string of the molecule is C=C(C)C(=O)OCCN(CCOC(=O)C(=C)C)C(=O)c1c(I)c(NC(C)=O)c(I)c(C(=O)O)c1I. The van der Waals surface area contributed by atoms with Crippen LogP contribution in [0.3, 0.4) is 0 Å². The second-order valence-electron chi connectivity index (χ2n) is 7.18. The van der Waals surface area contributed by atoms with Gasteiger partial charge >= 0.3 is 17.9 Å². The molecule has 190 valence electrons. The number of hydrogen-bond acceptors (Lipinski definition) is 7. The van der Waals surface area contributed by atoms with E-state index in [0.717, 1.165) is 0 Å². The Morgan fingerprint density at radius 1 is 0.829 bits per heavy atom. The second kappa shape index (κ2) is 14.1. The van der Waals surface area contributed by atoms with E-state index < -0.39 is 29.7 Å². The number of aromatic carboxylic acids is 1. The van der Waals surface area contributed by atoms with Gasteiger partial charge in [0.05, 0.1) is 37.0 Å². The van der Waals surface area contributed by atoms with E-state index in [-0.39, 0.29) is 61.4 Å².